The summed E-state index contributed by atoms with van der Waals surface area (Å²) in [4.78, 5) is 14.4. The fourth-order valence-electron chi connectivity index (χ4n) is 3.55. The molecule has 0 saturated heterocycles. The third-order valence-corrected chi connectivity index (χ3v) is 4.90. The van der Waals surface area contributed by atoms with Crippen LogP contribution in [-0.4, -0.2) is 24.9 Å². The predicted octanol–water partition coefficient (Wildman–Crippen LogP) is 2.80. The topological polar surface area (TPSA) is 32.3 Å². The highest BCUT2D eigenvalue weighted by Gasteiger charge is 2.43. The van der Waals surface area contributed by atoms with Gasteiger partial charge in [-0.3, -0.25) is 4.79 Å². The molecule has 2 fully saturated rings. The Hall–Kier alpha value is -1.35. The van der Waals surface area contributed by atoms with Gasteiger partial charge in [-0.1, -0.05) is 24.3 Å². The van der Waals surface area contributed by atoms with Crippen LogP contribution in [0.25, 0.3) is 0 Å². The van der Waals surface area contributed by atoms with Crippen LogP contribution in [-0.2, 0) is 17.9 Å². The number of hydrogen-bond acceptors (Lipinski definition) is 2. The molecule has 3 rings (SSSR count). The summed E-state index contributed by atoms with van der Waals surface area (Å²) >= 11 is 0. The molecule has 0 radical (unpaired) electrons. The molecular weight excluding hydrogens is 260 g/mol. The van der Waals surface area contributed by atoms with Crippen molar-refractivity contribution in [3.63, 3.8) is 0 Å². The second kappa shape index (κ2) is 6.18. The van der Waals surface area contributed by atoms with E-state index in [-0.39, 0.29) is 11.8 Å². The van der Waals surface area contributed by atoms with E-state index in [1.165, 1.54) is 24.0 Å². The summed E-state index contributed by atoms with van der Waals surface area (Å²) in [6, 6.07) is 8.54. The summed E-state index contributed by atoms with van der Waals surface area (Å²) in [6.07, 6.45) is 4.85. The highest BCUT2D eigenvalue weighted by Crippen LogP contribution is 2.51. The number of carbonyl (C=O) groups excluding carboxylic acids is 1. The van der Waals surface area contributed by atoms with Gasteiger partial charge in [0.2, 0.25) is 5.91 Å². The van der Waals surface area contributed by atoms with E-state index >= 15 is 0 Å². The molecule has 0 heterocycles. The average Bonchev–Trinajstić information content (AvgIpc) is 3.24. The first kappa shape index (κ1) is 14.6. The summed E-state index contributed by atoms with van der Waals surface area (Å²) in [7, 11) is 4.14. The van der Waals surface area contributed by atoms with Gasteiger partial charge in [0, 0.05) is 19.0 Å². The van der Waals surface area contributed by atoms with Gasteiger partial charge in [-0.15, -0.1) is 0 Å². The number of hydrogen-bond donors (Lipinski definition) is 1. The molecule has 0 spiro atoms. The van der Waals surface area contributed by atoms with Crippen molar-refractivity contribution >= 4 is 5.91 Å². The van der Waals surface area contributed by atoms with Crippen molar-refractivity contribution in [1.82, 2.24) is 10.2 Å². The zero-order valence-electron chi connectivity index (χ0n) is 13.1. The first-order chi connectivity index (χ1) is 10.1. The highest BCUT2D eigenvalue weighted by molar-refractivity contribution is 5.78. The van der Waals surface area contributed by atoms with Crippen molar-refractivity contribution < 1.29 is 4.79 Å². The summed E-state index contributed by atoms with van der Waals surface area (Å²) in [5.41, 5.74) is 2.49. The van der Waals surface area contributed by atoms with Crippen LogP contribution in [0.4, 0.5) is 0 Å². The largest absolute Gasteiger partial charge is 0.352 e. The fraction of sp³-hybridized carbons (Fsp3) is 0.611. The molecule has 0 aliphatic heterocycles. The molecule has 3 atom stereocenters. The van der Waals surface area contributed by atoms with Gasteiger partial charge in [0.15, 0.2) is 0 Å². The summed E-state index contributed by atoms with van der Waals surface area (Å²) in [5.74, 6) is 2.34. The number of nitrogens with zero attached hydrogens (tertiary/aromatic N) is 1. The molecule has 2 aliphatic carbocycles. The fourth-order valence-corrected chi connectivity index (χ4v) is 3.55. The van der Waals surface area contributed by atoms with Crippen LogP contribution < -0.4 is 5.32 Å². The molecule has 1 aromatic rings. The number of carbonyl (C=O) groups is 1. The van der Waals surface area contributed by atoms with Crippen LogP contribution >= 0.6 is 0 Å². The van der Waals surface area contributed by atoms with E-state index < -0.39 is 0 Å². The number of benzene rings is 1. The van der Waals surface area contributed by atoms with Crippen LogP contribution in [0, 0.1) is 17.8 Å². The summed E-state index contributed by atoms with van der Waals surface area (Å²) in [5, 5.41) is 3.12. The van der Waals surface area contributed by atoms with E-state index in [0.29, 0.717) is 6.54 Å². The molecule has 1 aromatic carbocycles. The molecule has 1 amide bonds. The van der Waals surface area contributed by atoms with E-state index in [0.717, 1.165) is 31.2 Å². The van der Waals surface area contributed by atoms with Gasteiger partial charge >= 0.3 is 0 Å². The van der Waals surface area contributed by atoms with Gasteiger partial charge in [-0.25, -0.2) is 0 Å². The third-order valence-electron chi connectivity index (χ3n) is 4.90. The number of rotatable bonds is 5. The van der Waals surface area contributed by atoms with Gasteiger partial charge < -0.3 is 10.2 Å². The number of fused-ring (bicyclic) bond motifs is 1. The molecule has 3 unspecified atom stereocenters. The quantitative estimate of drug-likeness (QED) is 0.902. The smallest absolute Gasteiger partial charge is 0.223 e. The Morgan fingerprint density at radius 1 is 1.10 bits per heavy atom. The maximum atomic E-state index is 12.2. The molecule has 2 saturated carbocycles. The Morgan fingerprint density at radius 3 is 2.48 bits per heavy atom. The van der Waals surface area contributed by atoms with Gasteiger partial charge in [-0.2, -0.15) is 0 Å². The normalized spacial score (nSPS) is 27.3. The highest BCUT2D eigenvalue weighted by atomic mass is 16.1. The van der Waals surface area contributed by atoms with E-state index in [4.69, 9.17) is 0 Å². The maximum Gasteiger partial charge on any atom is 0.223 e. The second-order valence-electron chi connectivity index (χ2n) is 7.04. The number of nitrogens with one attached hydrogen (secondary N) is 1. The van der Waals surface area contributed by atoms with Crippen molar-refractivity contribution in [3.8, 4) is 0 Å². The third kappa shape index (κ3) is 3.85. The van der Waals surface area contributed by atoms with Gasteiger partial charge in [0.1, 0.15) is 0 Å². The van der Waals surface area contributed by atoms with Crippen LogP contribution in [0.5, 0.6) is 0 Å². The van der Waals surface area contributed by atoms with Crippen molar-refractivity contribution in [3.05, 3.63) is 35.4 Å². The minimum Gasteiger partial charge on any atom is -0.352 e. The molecule has 114 valence electrons. The molecule has 1 N–H and O–H groups in total. The van der Waals surface area contributed by atoms with Crippen molar-refractivity contribution in [2.24, 2.45) is 17.8 Å². The van der Waals surface area contributed by atoms with E-state index in [1.807, 2.05) is 0 Å². The Bertz CT molecular complexity index is 494. The molecule has 3 heteroatoms. The lowest BCUT2D eigenvalue weighted by Gasteiger charge is -2.20. The van der Waals surface area contributed by atoms with Gasteiger partial charge in [-0.05, 0) is 62.7 Å². The van der Waals surface area contributed by atoms with E-state index in [9.17, 15) is 4.79 Å². The zero-order valence-corrected chi connectivity index (χ0v) is 13.1. The minimum absolute atomic E-state index is 0.262. The van der Waals surface area contributed by atoms with Crippen LogP contribution in [0.1, 0.15) is 36.8 Å². The van der Waals surface area contributed by atoms with Crippen LogP contribution in [0.15, 0.2) is 24.3 Å². The lowest BCUT2D eigenvalue weighted by molar-refractivity contribution is -0.126. The molecular formula is C18H26N2O. The lowest BCUT2D eigenvalue weighted by atomic mass is 9.88. The Kier molecular flexibility index (Phi) is 4.29. The summed E-state index contributed by atoms with van der Waals surface area (Å²) in [6.45, 7) is 1.61. The maximum absolute atomic E-state index is 12.2. The first-order valence-corrected chi connectivity index (χ1v) is 8.12. The van der Waals surface area contributed by atoms with Crippen LogP contribution in [0.2, 0.25) is 0 Å². The zero-order chi connectivity index (χ0) is 14.8. The van der Waals surface area contributed by atoms with Gasteiger partial charge in [0.25, 0.3) is 0 Å². The van der Waals surface area contributed by atoms with Crippen LogP contribution in [0.3, 0.4) is 0 Å². The van der Waals surface area contributed by atoms with E-state index in [2.05, 4.69) is 48.6 Å². The SMILES string of the molecule is CN(C)Cc1ccc(CNC(=O)C2CCC3CC3C2)cc1. The monoisotopic (exact) mass is 286 g/mol. The van der Waals surface area contributed by atoms with Crippen molar-refractivity contribution in [1.29, 1.82) is 0 Å². The molecule has 3 nitrogen and oxygen atoms in total. The first-order valence-electron chi connectivity index (χ1n) is 8.12. The van der Waals surface area contributed by atoms with Gasteiger partial charge in [0.05, 0.1) is 0 Å². The van der Waals surface area contributed by atoms with E-state index in [1.54, 1.807) is 0 Å². The minimum atomic E-state index is 0.262. The Morgan fingerprint density at radius 2 is 1.81 bits per heavy atom. The average molecular weight is 286 g/mol. The second-order valence-corrected chi connectivity index (χ2v) is 7.04. The molecule has 0 aromatic heterocycles. The molecule has 21 heavy (non-hydrogen) atoms. The molecule has 2 aliphatic rings. The number of amides is 1. The van der Waals surface area contributed by atoms with Crippen molar-refractivity contribution in [2.45, 2.75) is 38.8 Å². The summed E-state index contributed by atoms with van der Waals surface area (Å²) < 4.78 is 0. The van der Waals surface area contributed by atoms with Crippen molar-refractivity contribution in [2.75, 3.05) is 14.1 Å². The lowest BCUT2D eigenvalue weighted by Crippen LogP contribution is -2.32. The predicted molar refractivity (Wildman–Crippen MR) is 84.6 cm³/mol. The molecule has 0 bridgehead atoms. The standard InChI is InChI=1S/C18H26N2O/c1-20(2)12-14-5-3-13(4-6-14)11-19-18(21)16-8-7-15-9-17(15)10-16/h3-6,15-17H,7-12H2,1-2H3,(H,19,21). The Labute approximate surface area is 127 Å². The Balaban J connectivity index is 1.46.